The quantitative estimate of drug-likeness (QED) is 0.0512. The molecule has 2 aromatic carbocycles. The third-order valence-corrected chi connectivity index (χ3v) is 14.5. The number of hydrogen-bond acceptors (Lipinski definition) is 13. The molecule has 2 aromatic rings. The summed E-state index contributed by atoms with van der Waals surface area (Å²) in [5, 5.41) is 53.1. The summed E-state index contributed by atoms with van der Waals surface area (Å²) in [5.74, 6) is 0.680. The van der Waals surface area contributed by atoms with E-state index in [9.17, 15) is 44.8 Å². The first kappa shape index (κ1) is 47.1. The third-order valence-electron chi connectivity index (χ3n) is 14.5. The van der Waals surface area contributed by atoms with E-state index in [0.717, 1.165) is 63.5 Å². The van der Waals surface area contributed by atoms with Gasteiger partial charge in [0.15, 0.2) is 0 Å². The molecule has 15 nitrogen and oxygen atoms in total. The smallest absolute Gasteiger partial charge is 0.338 e. The molecule has 0 bridgehead atoms. The fraction of sp³-hybridized carbons (Fsp3) is 0.587. The summed E-state index contributed by atoms with van der Waals surface area (Å²) in [6, 6.07) is 7.76. The van der Waals surface area contributed by atoms with Crippen LogP contribution in [0.3, 0.4) is 0 Å². The molecule has 3 N–H and O–H groups in total. The minimum Gasteiger partial charge on any atom is -0.461 e. The fourth-order valence-electron chi connectivity index (χ4n) is 11.4. The van der Waals surface area contributed by atoms with Gasteiger partial charge in [0.25, 0.3) is 11.4 Å². The maximum atomic E-state index is 12.8. The van der Waals surface area contributed by atoms with Crippen molar-refractivity contribution < 1.29 is 53.8 Å². The van der Waals surface area contributed by atoms with E-state index in [1.54, 1.807) is 0 Å². The highest BCUT2D eigenvalue weighted by Gasteiger charge is 2.62. The van der Waals surface area contributed by atoms with Crippen LogP contribution in [0.2, 0.25) is 0 Å². The lowest BCUT2D eigenvalue weighted by atomic mass is 9.43. The number of nitro groups is 2. The summed E-state index contributed by atoms with van der Waals surface area (Å²) >= 11 is 0. The summed E-state index contributed by atoms with van der Waals surface area (Å²) in [6.07, 6.45) is 11.2. The first-order valence-corrected chi connectivity index (χ1v) is 21.2. The predicted octanol–water partition coefficient (Wildman–Crippen LogP) is 7.82. The van der Waals surface area contributed by atoms with Crippen LogP contribution in [0.25, 0.3) is 0 Å². The zero-order valence-electron chi connectivity index (χ0n) is 35.4. The third kappa shape index (κ3) is 10.4. The second-order valence-electron chi connectivity index (χ2n) is 17.8. The number of esters is 3. The zero-order valence-corrected chi connectivity index (χ0v) is 35.4. The molecule has 0 amide bonds. The second kappa shape index (κ2) is 20.3. The Morgan fingerprint density at radius 2 is 1.38 bits per heavy atom. The van der Waals surface area contributed by atoms with E-state index in [2.05, 4.69) is 33.9 Å². The van der Waals surface area contributed by atoms with Gasteiger partial charge in [0, 0.05) is 18.6 Å². The number of rotatable bonds is 15. The number of benzene rings is 2. The number of hydrogen-bond donors (Lipinski definition) is 3. The molecule has 0 heterocycles. The fourth-order valence-corrected chi connectivity index (χ4v) is 11.4. The Bertz CT molecular complexity index is 1970. The van der Waals surface area contributed by atoms with Crippen LogP contribution in [0.15, 0.2) is 61.7 Å². The summed E-state index contributed by atoms with van der Waals surface area (Å²) in [6.45, 7) is 13.3. The lowest BCUT2D eigenvalue weighted by Crippen LogP contribution is -2.58. The Hall–Kier alpha value is -4.99. The molecular formula is C46H60N2O13. The molecule has 4 aliphatic rings. The average Bonchev–Trinajstić information content (AvgIpc) is 3.60. The van der Waals surface area contributed by atoms with Gasteiger partial charge in [-0.15, -0.1) is 0 Å². The molecule has 4 fully saturated rings. The first-order valence-electron chi connectivity index (χ1n) is 21.2. The lowest BCUT2D eigenvalue weighted by Gasteiger charge is -2.62. The minimum absolute atomic E-state index is 0.000232. The standard InChI is InChI=1S/C35H49NO8.C11H11NO5/c1-5-16-43-33(40)22-7-8-23(29(17-22)36(41)42)20-44-31(39)11-6-21(2)26-9-10-27-32-28(13-15-35(26,27)4)34(3)14-12-25(37)18-24(34)19-30(32)38;1-2-5-17-11(14)8-3-4-9(7-13)10(6-8)12(15)16/h5,7-8,17,21,24-28,30,32,37-38H,1,6,9-16,18-20H2,2-4H3;2-4,6,13H,1,5,7H2/t21-,24-,25+,26?,27?,28?,30+,32?,34-,35+;/m0./s1. The van der Waals surface area contributed by atoms with Crippen LogP contribution >= 0.6 is 0 Å². The van der Waals surface area contributed by atoms with Crippen molar-refractivity contribution in [2.24, 2.45) is 46.3 Å². The highest BCUT2D eigenvalue weighted by atomic mass is 16.6. The number of carbonyl (C=O) groups is 3. The predicted molar refractivity (Wildman–Crippen MR) is 224 cm³/mol. The van der Waals surface area contributed by atoms with Gasteiger partial charge in [0.05, 0.1) is 50.9 Å². The van der Waals surface area contributed by atoms with Crippen molar-refractivity contribution in [3.05, 3.63) is 104 Å². The first-order chi connectivity index (χ1) is 29.0. The van der Waals surface area contributed by atoms with Gasteiger partial charge in [-0.05, 0) is 128 Å². The SMILES string of the molecule is C=CCOC(=O)c1ccc(CO)c([N+](=O)[O-])c1.C=CCOC(=O)c1ccc(COC(=O)CC[C@H](C)C2CCC3C4C(CC[C@@]32C)[C@@]2(C)CC[C@@H](O)C[C@H]2C[C@H]4O)c([N+](=O)[O-])c1. The molecule has 6 rings (SSSR count). The molecular weight excluding hydrogens is 789 g/mol. The van der Waals surface area contributed by atoms with Crippen LogP contribution in [-0.2, 0) is 32.2 Å². The highest BCUT2D eigenvalue weighted by molar-refractivity contribution is 5.91. The summed E-state index contributed by atoms with van der Waals surface area (Å²) in [7, 11) is 0. The van der Waals surface area contributed by atoms with Crippen molar-refractivity contribution in [1.82, 2.24) is 0 Å². The zero-order chi connectivity index (χ0) is 44.6. The maximum Gasteiger partial charge on any atom is 0.338 e. The minimum atomic E-state index is -0.688. The molecule has 10 atom stereocenters. The van der Waals surface area contributed by atoms with Gasteiger partial charge in [0.1, 0.15) is 19.8 Å². The van der Waals surface area contributed by atoms with Crippen LogP contribution in [-0.4, -0.2) is 68.5 Å². The molecule has 4 aliphatic carbocycles. The summed E-state index contributed by atoms with van der Waals surface area (Å²) in [4.78, 5) is 57.4. The van der Waals surface area contributed by atoms with E-state index < -0.39 is 34.4 Å². The number of aliphatic hydroxyl groups excluding tert-OH is 3. The van der Waals surface area contributed by atoms with Gasteiger partial charge in [0.2, 0.25) is 0 Å². The number of ether oxygens (including phenoxy) is 3. The van der Waals surface area contributed by atoms with Gasteiger partial charge >= 0.3 is 17.9 Å². The molecule has 0 saturated heterocycles. The Labute approximate surface area is 356 Å². The van der Waals surface area contributed by atoms with Crippen molar-refractivity contribution in [1.29, 1.82) is 0 Å². The normalized spacial score (nSPS) is 29.2. The lowest BCUT2D eigenvalue weighted by molar-refractivity contribution is -0.386. The highest BCUT2D eigenvalue weighted by Crippen LogP contribution is 2.68. The van der Waals surface area contributed by atoms with E-state index in [-0.39, 0.29) is 82.9 Å². The number of nitrogens with zero attached hydrogens (tertiary/aromatic N) is 2. The van der Waals surface area contributed by atoms with Crippen LogP contribution < -0.4 is 0 Å². The van der Waals surface area contributed by atoms with Gasteiger partial charge in [-0.3, -0.25) is 25.0 Å². The van der Waals surface area contributed by atoms with Crippen LogP contribution in [0, 0.1) is 66.6 Å². The Balaban J connectivity index is 0.000000348. The van der Waals surface area contributed by atoms with E-state index in [1.165, 1.54) is 36.4 Å². The summed E-state index contributed by atoms with van der Waals surface area (Å²) in [5.41, 5.74) is 0.196. The molecule has 0 spiro atoms. The van der Waals surface area contributed by atoms with Crippen molar-refractivity contribution >= 4 is 29.3 Å². The monoisotopic (exact) mass is 848 g/mol. The maximum absolute atomic E-state index is 12.8. The van der Waals surface area contributed by atoms with E-state index in [4.69, 9.17) is 19.3 Å². The van der Waals surface area contributed by atoms with E-state index in [0.29, 0.717) is 41.9 Å². The van der Waals surface area contributed by atoms with Crippen LogP contribution in [0.1, 0.15) is 117 Å². The van der Waals surface area contributed by atoms with Gasteiger partial charge in [-0.1, -0.05) is 46.1 Å². The molecule has 4 unspecified atom stereocenters. The van der Waals surface area contributed by atoms with E-state index in [1.807, 2.05) is 0 Å². The van der Waals surface area contributed by atoms with Gasteiger partial charge in [-0.2, -0.15) is 0 Å². The van der Waals surface area contributed by atoms with Crippen molar-refractivity contribution in [2.45, 2.75) is 110 Å². The Morgan fingerprint density at radius 1 is 0.820 bits per heavy atom. The number of nitro benzene ring substituents is 2. The number of fused-ring (bicyclic) bond motifs is 5. The largest absolute Gasteiger partial charge is 0.461 e. The summed E-state index contributed by atoms with van der Waals surface area (Å²) < 4.78 is 15.2. The van der Waals surface area contributed by atoms with Crippen LogP contribution in [0.4, 0.5) is 11.4 Å². The van der Waals surface area contributed by atoms with Gasteiger partial charge < -0.3 is 29.5 Å². The Kier molecular flexibility index (Phi) is 15.6. The Morgan fingerprint density at radius 3 is 1.95 bits per heavy atom. The van der Waals surface area contributed by atoms with Crippen molar-refractivity contribution in [3.8, 4) is 0 Å². The number of carbonyl (C=O) groups excluding carboxylic acids is 3. The van der Waals surface area contributed by atoms with Crippen molar-refractivity contribution in [3.63, 3.8) is 0 Å². The molecule has 0 aliphatic heterocycles. The molecule has 0 aromatic heterocycles. The molecule has 15 heteroatoms. The number of aliphatic hydroxyl groups is 3. The molecule has 4 saturated carbocycles. The molecule has 332 valence electrons. The average molecular weight is 849 g/mol. The van der Waals surface area contributed by atoms with E-state index >= 15 is 0 Å². The van der Waals surface area contributed by atoms with Crippen LogP contribution in [0.5, 0.6) is 0 Å². The molecule has 0 radical (unpaired) electrons. The van der Waals surface area contributed by atoms with Crippen molar-refractivity contribution in [2.75, 3.05) is 13.2 Å². The van der Waals surface area contributed by atoms with Gasteiger partial charge in [-0.25, -0.2) is 9.59 Å². The molecule has 61 heavy (non-hydrogen) atoms. The topological polar surface area (TPSA) is 226 Å². The second-order valence-corrected chi connectivity index (χ2v) is 17.8.